The van der Waals surface area contributed by atoms with Crippen LogP contribution in [0.15, 0.2) is 53.4 Å². The van der Waals surface area contributed by atoms with Crippen LogP contribution in [0.25, 0.3) is 0 Å². The van der Waals surface area contributed by atoms with Gasteiger partial charge in [-0.15, -0.1) is 21.9 Å². The molecule has 0 aliphatic rings. The fraction of sp³-hybridized carbons (Fsp3) is 0.526. The van der Waals surface area contributed by atoms with Gasteiger partial charge >= 0.3 is 0 Å². The van der Waals surface area contributed by atoms with Crippen molar-refractivity contribution in [1.29, 1.82) is 0 Å². The average Bonchev–Trinajstić information content (AvgIpc) is 2.96. The molecule has 6 heteroatoms. The molecule has 0 N–H and O–H groups in total. The van der Waals surface area contributed by atoms with Crippen molar-refractivity contribution in [3.05, 3.63) is 76.9 Å². The second kappa shape index (κ2) is 17.0. The van der Waals surface area contributed by atoms with Crippen LogP contribution in [0.2, 0.25) is 0 Å². The van der Waals surface area contributed by atoms with E-state index in [1.165, 1.54) is 18.9 Å². The number of ether oxygens (including phenoxy) is 2. The van der Waals surface area contributed by atoms with E-state index in [2.05, 4.69) is 115 Å². The summed E-state index contributed by atoms with van der Waals surface area (Å²) in [7, 11) is 2.24. The molecule has 0 spiro atoms. The van der Waals surface area contributed by atoms with E-state index >= 15 is 0 Å². The number of halogens is 2. The van der Waals surface area contributed by atoms with Crippen LogP contribution in [-0.2, 0) is 6.61 Å². The van der Waals surface area contributed by atoms with E-state index in [0.717, 1.165) is 12.0 Å². The highest BCUT2D eigenvalue weighted by molar-refractivity contribution is 7.80. The Balaban J connectivity index is 0.00000108. The highest BCUT2D eigenvalue weighted by Gasteiger charge is 2.30. The summed E-state index contributed by atoms with van der Waals surface area (Å²) in [6.45, 7) is 28.7. The minimum atomic E-state index is -0.784. The van der Waals surface area contributed by atoms with Gasteiger partial charge in [0.1, 0.15) is 18.1 Å². The van der Waals surface area contributed by atoms with Crippen molar-refractivity contribution in [2.45, 2.75) is 120 Å². The second-order valence-corrected chi connectivity index (χ2v) is 15.6. The highest BCUT2D eigenvalue weighted by Crippen LogP contribution is 2.43. The quantitative estimate of drug-likeness (QED) is 0.203. The van der Waals surface area contributed by atoms with Gasteiger partial charge in [0.15, 0.2) is 17.4 Å². The molecule has 0 radical (unpaired) electrons. The fourth-order valence-corrected chi connectivity index (χ4v) is 4.70. The van der Waals surface area contributed by atoms with Crippen molar-refractivity contribution >= 4 is 27.2 Å². The van der Waals surface area contributed by atoms with Gasteiger partial charge in [-0.05, 0) is 70.9 Å². The number of benzene rings is 3. The first-order valence-corrected chi connectivity index (χ1v) is 16.7. The van der Waals surface area contributed by atoms with E-state index in [0.29, 0.717) is 29.4 Å². The molecule has 0 bridgehead atoms. The van der Waals surface area contributed by atoms with Crippen LogP contribution in [0.3, 0.4) is 0 Å². The third kappa shape index (κ3) is 12.7. The first-order chi connectivity index (χ1) is 20.2. The van der Waals surface area contributed by atoms with E-state index in [1.807, 2.05) is 13.8 Å². The van der Waals surface area contributed by atoms with E-state index in [9.17, 15) is 8.78 Å². The molecule has 0 fully saturated rings. The Labute approximate surface area is 275 Å². The lowest BCUT2D eigenvalue weighted by molar-refractivity contribution is 0.229. The number of hydrogen-bond donors (Lipinski definition) is 1. The maximum Gasteiger partial charge on any atom is 0.199 e. The molecular weight excluding hydrogens is 589 g/mol. The van der Waals surface area contributed by atoms with Gasteiger partial charge in [0, 0.05) is 15.8 Å². The van der Waals surface area contributed by atoms with Gasteiger partial charge in [0.25, 0.3) is 0 Å². The molecule has 246 valence electrons. The molecule has 0 amide bonds. The Morgan fingerprint density at radius 2 is 1.25 bits per heavy atom. The van der Waals surface area contributed by atoms with Crippen molar-refractivity contribution in [2.24, 2.45) is 16.2 Å². The minimum Gasteiger partial charge on any atom is -0.489 e. The number of hydrogen-bond acceptors (Lipinski definition) is 3. The first kappa shape index (κ1) is 39.9. The topological polar surface area (TPSA) is 18.5 Å². The molecule has 0 saturated carbocycles. The minimum absolute atomic E-state index is 0.172. The zero-order valence-electron chi connectivity index (χ0n) is 29.4. The maximum atomic E-state index is 14.6. The fourth-order valence-electron chi connectivity index (χ4n) is 4.16. The van der Waals surface area contributed by atoms with Crippen LogP contribution >= 0.6 is 21.9 Å². The summed E-state index contributed by atoms with van der Waals surface area (Å²) >= 11 is 4.16. The van der Waals surface area contributed by atoms with E-state index < -0.39 is 17.4 Å². The van der Waals surface area contributed by atoms with Crippen LogP contribution < -0.4 is 14.8 Å². The molecule has 2 nitrogen and oxygen atoms in total. The van der Waals surface area contributed by atoms with Crippen molar-refractivity contribution in [2.75, 3.05) is 0 Å². The zero-order chi connectivity index (χ0) is 34.0. The van der Waals surface area contributed by atoms with Gasteiger partial charge in [-0.1, -0.05) is 114 Å². The van der Waals surface area contributed by atoms with Crippen molar-refractivity contribution in [3.63, 3.8) is 0 Å². The van der Waals surface area contributed by atoms with E-state index in [4.69, 9.17) is 9.47 Å². The summed E-state index contributed by atoms with van der Waals surface area (Å²) in [4.78, 5) is 0.252. The van der Waals surface area contributed by atoms with Gasteiger partial charge in [-0.2, -0.15) is 0 Å². The molecule has 0 aliphatic heterocycles. The summed E-state index contributed by atoms with van der Waals surface area (Å²) in [6, 6.07) is 15.4. The van der Waals surface area contributed by atoms with Crippen LogP contribution in [0.5, 0.6) is 17.2 Å². The Bertz CT molecular complexity index is 1270. The maximum absolute atomic E-state index is 14.6. The molecule has 2 unspecified atom stereocenters. The summed E-state index contributed by atoms with van der Waals surface area (Å²) < 4.78 is 40.5. The largest absolute Gasteiger partial charge is 0.489 e. The Morgan fingerprint density at radius 1 is 0.773 bits per heavy atom. The van der Waals surface area contributed by atoms with Gasteiger partial charge in [-0.3, -0.25) is 0 Å². The molecular formula is C38H57F2O2PS. The standard InChI is InChI=1S/C30H37F2O2PS.C6H14.C2H6/c1-18-24(31)26(25(32)27(35)28(18)36)34-22-14-12-21(13-15-22)33-17-19-8-10-20(11-9-19)23(30(5,6)7)16-29(2,3)4;1-5-6(2,3)4;1-2/h8-15,23,36H,16-17,35H2,1-7H3;5H2,1-4H3;1-2H3. The summed E-state index contributed by atoms with van der Waals surface area (Å²) in [5.74, 6) is -0.570. The molecule has 3 aromatic carbocycles. The smallest absolute Gasteiger partial charge is 0.199 e. The van der Waals surface area contributed by atoms with Crippen LogP contribution in [-0.4, -0.2) is 0 Å². The molecule has 3 rings (SSSR count). The number of rotatable bonds is 7. The van der Waals surface area contributed by atoms with Crippen molar-refractivity contribution in [1.82, 2.24) is 0 Å². The summed E-state index contributed by atoms with van der Waals surface area (Å²) in [5.41, 5.74) is 3.61. The molecule has 3 aromatic rings. The van der Waals surface area contributed by atoms with Crippen LogP contribution in [0.4, 0.5) is 8.78 Å². The zero-order valence-corrected chi connectivity index (χ0v) is 31.5. The molecule has 0 heterocycles. The molecule has 0 aromatic heterocycles. The molecule has 0 aliphatic carbocycles. The van der Waals surface area contributed by atoms with E-state index in [1.54, 1.807) is 24.3 Å². The monoisotopic (exact) mass is 646 g/mol. The SMILES string of the molecule is CC.CCC(C)(C)C.Cc1c(F)c(Oc2ccc(OCc3ccc(C(CC(C)(C)C)C(C)(C)C)cc3)cc2)c(F)c(P)c1S. The Hall–Kier alpha value is -2.10. The van der Waals surface area contributed by atoms with E-state index in [-0.39, 0.29) is 26.6 Å². The first-order valence-electron chi connectivity index (χ1n) is 15.7. The van der Waals surface area contributed by atoms with Gasteiger partial charge < -0.3 is 9.47 Å². The summed E-state index contributed by atoms with van der Waals surface area (Å²) in [5, 5.41) is 0.172. The van der Waals surface area contributed by atoms with Crippen LogP contribution in [0.1, 0.15) is 119 Å². The lowest BCUT2D eigenvalue weighted by atomic mass is 9.69. The number of thiol groups is 1. The highest BCUT2D eigenvalue weighted by atomic mass is 32.1. The molecule has 2 atom stereocenters. The Morgan fingerprint density at radius 3 is 1.68 bits per heavy atom. The second-order valence-electron chi connectivity index (χ2n) is 14.5. The predicted molar refractivity (Wildman–Crippen MR) is 192 cm³/mol. The predicted octanol–water partition coefficient (Wildman–Crippen LogP) is 12.5. The third-order valence-electron chi connectivity index (χ3n) is 7.33. The third-order valence-corrected chi connectivity index (χ3v) is 8.69. The summed E-state index contributed by atoms with van der Waals surface area (Å²) in [6.07, 6.45) is 2.39. The lowest BCUT2D eigenvalue weighted by Crippen LogP contribution is -2.23. The van der Waals surface area contributed by atoms with Crippen molar-refractivity contribution < 1.29 is 18.3 Å². The van der Waals surface area contributed by atoms with Gasteiger partial charge in [0.05, 0.1) is 0 Å². The molecule has 0 saturated heterocycles. The van der Waals surface area contributed by atoms with Gasteiger partial charge in [0.2, 0.25) is 0 Å². The van der Waals surface area contributed by atoms with Gasteiger partial charge in [-0.25, -0.2) is 8.78 Å². The van der Waals surface area contributed by atoms with Crippen molar-refractivity contribution in [3.8, 4) is 17.2 Å². The average molecular weight is 647 g/mol. The Kier molecular flexibility index (Phi) is 15.4. The normalized spacial score (nSPS) is 12.4. The lowest BCUT2D eigenvalue weighted by Gasteiger charge is -2.36. The van der Waals surface area contributed by atoms with Crippen LogP contribution in [0, 0.1) is 34.8 Å². The molecule has 44 heavy (non-hydrogen) atoms.